The predicted molar refractivity (Wildman–Crippen MR) is 115 cm³/mol. The summed E-state index contributed by atoms with van der Waals surface area (Å²) in [4.78, 5) is 14.6. The van der Waals surface area contributed by atoms with E-state index in [1.807, 2.05) is 54.6 Å². The van der Waals surface area contributed by atoms with Gasteiger partial charge in [0.05, 0.1) is 7.05 Å². The minimum Gasteiger partial charge on any atom is -0.368 e. The highest BCUT2D eigenvalue weighted by molar-refractivity contribution is 5.58. The number of hydrogen-bond donors (Lipinski definition) is 2. The van der Waals surface area contributed by atoms with Crippen LogP contribution < -0.4 is 11.1 Å². The summed E-state index contributed by atoms with van der Waals surface area (Å²) >= 11 is 0. The third-order valence-corrected chi connectivity index (χ3v) is 4.68. The molecule has 0 aliphatic heterocycles. The average Bonchev–Trinajstić information content (AvgIpc) is 3.42. The van der Waals surface area contributed by atoms with Crippen LogP contribution in [0.4, 0.5) is 11.9 Å². The third-order valence-electron chi connectivity index (χ3n) is 4.68. The molecule has 0 unspecified atom stereocenters. The van der Waals surface area contributed by atoms with Crippen LogP contribution in [0.3, 0.4) is 0 Å². The summed E-state index contributed by atoms with van der Waals surface area (Å²) in [6.45, 7) is 0.637. The summed E-state index contributed by atoms with van der Waals surface area (Å²) in [6.07, 6.45) is 0.782. The van der Waals surface area contributed by atoms with Gasteiger partial charge in [0.25, 0.3) is 5.78 Å². The maximum Gasteiger partial charge on any atom is 0.259 e. The molecule has 0 spiro atoms. The van der Waals surface area contributed by atoms with Crippen LogP contribution >= 0.6 is 0 Å². The molecular formula is C20H19N11. The quantitative estimate of drug-likeness (QED) is 0.425. The first-order valence-corrected chi connectivity index (χ1v) is 9.68. The van der Waals surface area contributed by atoms with Gasteiger partial charge < -0.3 is 11.1 Å². The van der Waals surface area contributed by atoms with Crippen molar-refractivity contribution in [3.8, 4) is 22.8 Å². The van der Waals surface area contributed by atoms with Crippen LogP contribution in [0.25, 0.3) is 28.6 Å². The van der Waals surface area contributed by atoms with E-state index in [9.17, 15) is 0 Å². The number of nitrogen functional groups attached to an aromatic ring is 1. The average molecular weight is 413 g/mol. The summed E-state index contributed by atoms with van der Waals surface area (Å²) in [7, 11) is 1.74. The zero-order valence-corrected chi connectivity index (χ0v) is 16.7. The van der Waals surface area contributed by atoms with E-state index < -0.39 is 0 Å². The lowest BCUT2D eigenvalue weighted by Crippen LogP contribution is -2.12. The Morgan fingerprint density at radius 2 is 1.65 bits per heavy atom. The highest BCUT2D eigenvalue weighted by atomic mass is 15.6. The molecule has 11 nitrogen and oxygen atoms in total. The SMILES string of the molecule is Cn1nnc(-c2ccc(CCNc3nc(N)n4nc(-c5ccccc5)nc4n3)cc2)n1. The molecule has 0 fully saturated rings. The summed E-state index contributed by atoms with van der Waals surface area (Å²) in [6, 6.07) is 17.7. The van der Waals surface area contributed by atoms with Crippen molar-refractivity contribution in [1.29, 1.82) is 0 Å². The lowest BCUT2D eigenvalue weighted by atomic mass is 10.1. The van der Waals surface area contributed by atoms with E-state index in [4.69, 9.17) is 5.73 Å². The van der Waals surface area contributed by atoms with Gasteiger partial charge in [-0.1, -0.05) is 54.6 Å². The summed E-state index contributed by atoms with van der Waals surface area (Å²) in [5.41, 5.74) is 9.03. The maximum absolute atomic E-state index is 6.06. The Bertz CT molecular complexity index is 1320. The van der Waals surface area contributed by atoms with E-state index in [0.29, 0.717) is 29.9 Å². The highest BCUT2D eigenvalue weighted by Crippen LogP contribution is 2.17. The van der Waals surface area contributed by atoms with Gasteiger partial charge in [0.15, 0.2) is 5.82 Å². The smallest absolute Gasteiger partial charge is 0.259 e. The van der Waals surface area contributed by atoms with E-state index in [-0.39, 0.29) is 5.95 Å². The molecule has 3 N–H and O–H groups in total. The number of fused-ring (bicyclic) bond motifs is 1. The number of aromatic nitrogens is 9. The number of anilines is 2. The van der Waals surface area contributed by atoms with Crippen LogP contribution in [0.5, 0.6) is 0 Å². The molecule has 154 valence electrons. The number of nitrogens with zero attached hydrogens (tertiary/aromatic N) is 9. The molecule has 11 heteroatoms. The van der Waals surface area contributed by atoms with E-state index in [1.165, 1.54) is 9.31 Å². The molecule has 5 aromatic rings. The Balaban J connectivity index is 1.26. The molecule has 0 saturated heterocycles. The van der Waals surface area contributed by atoms with Crippen LogP contribution in [0, 0.1) is 0 Å². The van der Waals surface area contributed by atoms with Gasteiger partial charge in [-0.3, -0.25) is 0 Å². The van der Waals surface area contributed by atoms with Gasteiger partial charge in [0.1, 0.15) is 0 Å². The molecule has 0 aliphatic rings. The summed E-state index contributed by atoms with van der Waals surface area (Å²) in [5, 5.41) is 19.7. The molecule has 2 aromatic carbocycles. The van der Waals surface area contributed by atoms with Crippen LogP contribution in [0.15, 0.2) is 54.6 Å². The number of nitrogens with one attached hydrogen (secondary N) is 1. The minimum absolute atomic E-state index is 0.225. The van der Waals surface area contributed by atoms with Crippen molar-refractivity contribution >= 4 is 17.7 Å². The largest absolute Gasteiger partial charge is 0.368 e. The third kappa shape index (κ3) is 3.88. The monoisotopic (exact) mass is 413 g/mol. The summed E-state index contributed by atoms with van der Waals surface area (Å²) < 4.78 is 1.44. The Kier molecular flexibility index (Phi) is 4.67. The van der Waals surface area contributed by atoms with Crippen molar-refractivity contribution in [2.45, 2.75) is 6.42 Å². The van der Waals surface area contributed by atoms with E-state index in [1.54, 1.807) is 7.05 Å². The van der Waals surface area contributed by atoms with Crippen LogP contribution in [0.1, 0.15) is 5.56 Å². The Morgan fingerprint density at radius 3 is 2.39 bits per heavy atom. The van der Waals surface area contributed by atoms with Crippen molar-refractivity contribution in [2.75, 3.05) is 17.6 Å². The van der Waals surface area contributed by atoms with Crippen molar-refractivity contribution in [2.24, 2.45) is 7.05 Å². The first kappa shape index (κ1) is 18.6. The molecule has 0 aliphatic carbocycles. The summed E-state index contributed by atoms with van der Waals surface area (Å²) in [5.74, 6) is 2.19. The zero-order valence-electron chi connectivity index (χ0n) is 16.7. The second-order valence-corrected chi connectivity index (χ2v) is 6.89. The standard InChI is InChI=1S/C20H19N11/c1-30-27-17(26-29-30)15-9-7-13(8-10-15)11-12-22-19-24-18(21)31-20(25-19)23-16(28-31)14-5-3-2-4-6-14/h2-10H,11-12H2,1H3,(H3,21,22,23,24,25,28). The van der Waals surface area contributed by atoms with Crippen LogP contribution in [-0.2, 0) is 13.5 Å². The molecule has 0 saturated carbocycles. The molecule has 0 atom stereocenters. The number of tetrazole rings is 1. The maximum atomic E-state index is 6.06. The van der Waals surface area contributed by atoms with Gasteiger partial charge in [-0.05, 0) is 17.2 Å². The number of rotatable bonds is 6. The number of aryl methyl sites for hydroxylation is 1. The van der Waals surface area contributed by atoms with Crippen molar-refractivity contribution < 1.29 is 0 Å². The predicted octanol–water partition coefficient (Wildman–Crippen LogP) is 1.61. The van der Waals surface area contributed by atoms with Crippen molar-refractivity contribution in [3.63, 3.8) is 0 Å². The van der Waals surface area contributed by atoms with Gasteiger partial charge in [0.2, 0.25) is 17.7 Å². The Hall–Kier alpha value is -4.41. The highest BCUT2D eigenvalue weighted by Gasteiger charge is 2.12. The van der Waals surface area contributed by atoms with Gasteiger partial charge in [-0.15, -0.1) is 15.3 Å². The normalized spacial score (nSPS) is 11.1. The fourth-order valence-electron chi connectivity index (χ4n) is 3.13. The van der Waals surface area contributed by atoms with E-state index >= 15 is 0 Å². The molecule has 0 amide bonds. The molecular weight excluding hydrogens is 394 g/mol. The molecule has 3 aromatic heterocycles. The molecule has 0 bridgehead atoms. The molecule has 3 heterocycles. The number of hydrogen-bond acceptors (Lipinski definition) is 9. The lowest BCUT2D eigenvalue weighted by molar-refractivity contribution is 0.630. The fraction of sp³-hybridized carbons (Fsp3) is 0.150. The second-order valence-electron chi connectivity index (χ2n) is 6.89. The minimum atomic E-state index is 0.225. The number of nitrogens with two attached hydrogens (primary N) is 1. The van der Waals surface area contributed by atoms with Crippen LogP contribution in [0.2, 0.25) is 0 Å². The van der Waals surface area contributed by atoms with Crippen molar-refractivity contribution in [1.82, 2.24) is 44.8 Å². The zero-order chi connectivity index (χ0) is 21.2. The van der Waals surface area contributed by atoms with Gasteiger partial charge in [0, 0.05) is 17.7 Å². The van der Waals surface area contributed by atoms with Crippen molar-refractivity contribution in [3.05, 3.63) is 60.2 Å². The fourth-order valence-corrected chi connectivity index (χ4v) is 3.13. The van der Waals surface area contributed by atoms with Crippen LogP contribution in [-0.4, -0.2) is 51.3 Å². The van der Waals surface area contributed by atoms with E-state index in [0.717, 1.165) is 23.1 Å². The first-order valence-electron chi connectivity index (χ1n) is 9.68. The lowest BCUT2D eigenvalue weighted by Gasteiger charge is -2.06. The van der Waals surface area contributed by atoms with Gasteiger partial charge in [-0.2, -0.15) is 24.3 Å². The van der Waals surface area contributed by atoms with Gasteiger partial charge >= 0.3 is 0 Å². The molecule has 0 radical (unpaired) electrons. The molecule has 5 rings (SSSR count). The Morgan fingerprint density at radius 1 is 0.871 bits per heavy atom. The first-order chi connectivity index (χ1) is 15.2. The second kappa shape index (κ2) is 7.78. The number of benzene rings is 2. The van der Waals surface area contributed by atoms with Gasteiger partial charge in [-0.25, -0.2) is 0 Å². The van der Waals surface area contributed by atoms with E-state index in [2.05, 4.69) is 40.8 Å². The molecule has 31 heavy (non-hydrogen) atoms. The Labute approximate surface area is 177 Å². The topological polar surface area (TPSA) is 138 Å².